The molecular formula is C6H15NO3S2. The van der Waals surface area contributed by atoms with Crippen LogP contribution < -0.4 is 5.73 Å². The minimum absolute atomic E-state index is 0.0100. The zero-order valence-electron chi connectivity index (χ0n) is 7.15. The van der Waals surface area contributed by atoms with E-state index in [1.54, 1.807) is 6.92 Å². The summed E-state index contributed by atoms with van der Waals surface area (Å²) in [6.07, 6.45) is 0. The molecule has 0 aliphatic rings. The maximum atomic E-state index is 11.0. The van der Waals surface area contributed by atoms with E-state index in [4.69, 9.17) is 5.73 Å². The number of hydrogen-bond donors (Lipinski definition) is 1. The van der Waals surface area contributed by atoms with Gasteiger partial charge in [-0.1, -0.05) is 6.92 Å². The first-order chi connectivity index (χ1) is 5.52. The van der Waals surface area contributed by atoms with E-state index < -0.39 is 20.6 Å². The Morgan fingerprint density at radius 2 is 1.92 bits per heavy atom. The summed E-state index contributed by atoms with van der Waals surface area (Å²) in [6.45, 7) is 1.93. The zero-order valence-corrected chi connectivity index (χ0v) is 8.79. The standard InChI is InChI=1S/C6H15NO3S2/c1-2-12(9,10)6-5-11(8)4-3-7/h2-7H2,1H3. The summed E-state index contributed by atoms with van der Waals surface area (Å²) in [5.74, 6) is 0.732. The molecule has 0 heterocycles. The average molecular weight is 213 g/mol. The van der Waals surface area contributed by atoms with E-state index in [1.165, 1.54) is 0 Å². The molecule has 0 aliphatic heterocycles. The van der Waals surface area contributed by atoms with E-state index in [0.29, 0.717) is 12.3 Å². The summed E-state index contributed by atoms with van der Waals surface area (Å²) in [5.41, 5.74) is 5.16. The molecule has 0 rings (SSSR count). The third kappa shape index (κ3) is 5.68. The molecule has 2 N–H and O–H groups in total. The van der Waals surface area contributed by atoms with Gasteiger partial charge in [0.1, 0.15) is 0 Å². The first kappa shape index (κ1) is 12.1. The van der Waals surface area contributed by atoms with Gasteiger partial charge in [-0.05, 0) is 0 Å². The molecule has 0 radical (unpaired) electrons. The van der Waals surface area contributed by atoms with Crippen LogP contribution >= 0.6 is 0 Å². The van der Waals surface area contributed by atoms with Crippen LogP contribution in [0.15, 0.2) is 0 Å². The van der Waals surface area contributed by atoms with Gasteiger partial charge in [0.2, 0.25) is 0 Å². The van der Waals surface area contributed by atoms with Crippen molar-refractivity contribution in [2.75, 3.05) is 29.6 Å². The Kier molecular flexibility index (Phi) is 5.69. The summed E-state index contributed by atoms with van der Waals surface area (Å²) in [7, 11) is -4.04. The van der Waals surface area contributed by atoms with E-state index in [2.05, 4.69) is 0 Å². The van der Waals surface area contributed by atoms with Gasteiger partial charge in [0.05, 0.1) is 5.75 Å². The first-order valence-corrected chi connectivity index (χ1v) is 7.08. The van der Waals surface area contributed by atoms with Crippen LogP contribution in [-0.2, 0) is 20.6 Å². The molecule has 0 amide bonds. The number of sulfone groups is 1. The van der Waals surface area contributed by atoms with Gasteiger partial charge in [-0.25, -0.2) is 8.42 Å². The smallest absolute Gasteiger partial charge is 0.150 e. The third-order valence-electron chi connectivity index (χ3n) is 1.41. The molecule has 0 bridgehead atoms. The zero-order chi connectivity index (χ0) is 9.61. The molecule has 0 spiro atoms. The molecule has 0 aromatic carbocycles. The topological polar surface area (TPSA) is 77.2 Å². The van der Waals surface area contributed by atoms with Crippen LogP contribution in [0.25, 0.3) is 0 Å². The maximum absolute atomic E-state index is 11.0. The third-order valence-corrected chi connectivity index (χ3v) is 4.72. The van der Waals surface area contributed by atoms with Crippen molar-refractivity contribution < 1.29 is 12.6 Å². The van der Waals surface area contributed by atoms with Gasteiger partial charge in [-0.15, -0.1) is 0 Å². The Morgan fingerprint density at radius 1 is 1.33 bits per heavy atom. The van der Waals surface area contributed by atoms with E-state index >= 15 is 0 Å². The lowest BCUT2D eigenvalue weighted by Gasteiger charge is -2.00. The molecule has 0 aliphatic carbocycles. The molecule has 0 aromatic heterocycles. The molecule has 74 valence electrons. The van der Waals surface area contributed by atoms with Crippen LogP contribution in [0.2, 0.25) is 0 Å². The lowest BCUT2D eigenvalue weighted by Crippen LogP contribution is -2.19. The number of rotatable bonds is 6. The Labute approximate surface area is 75.9 Å². The normalized spacial score (nSPS) is 14.5. The van der Waals surface area contributed by atoms with Crippen LogP contribution in [0.4, 0.5) is 0 Å². The second kappa shape index (κ2) is 5.66. The van der Waals surface area contributed by atoms with Crippen molar-refractivity contribution in [3.05, 3.63) is 0 Å². The van der Waals surface area contributed by atoms with Crippen LogP contribution in [0.5, 0.6) is 0 Å². The SMILES string of the molecule is CCS(=O)(=O)CCS(=O)CCN. The van der Waals surface area contributed by atoms with E-state index in [9.17, 15) is 12.6 Å². The van der Waals surface area contributed by atoms with Crippen LogP contribution in [0.3, 0.4) is 0 Å². The van der Waals surface area contributed by atoms with E-state index in [1.807, 2.05) is 0 Å². The van der Waals surface area contributed by atoms with Crippen molar-refractivity contribution in [2.45, 2.75) is 6.92 Å². The predicted molar refractivity (Wildman–Crippen MR) is 51.3 cm³/mol. The molecule has 0 saturated carbocycles. The minimum atomic E-state index is -2.97. The molecule has 0 aromatic rings. The fourth-order valence-corrected chi connectivity index (χ4v) is 3.11. The molecule has 4 nitrogen and oxygen atoms in total. The molecule has 12 heavy (non-hydrogen) atoms. The Hall–Kier alpha value is 0.0600. The van der Waals surface area contributed by atoms with E-state index in [-0.39, 0.29) is 17.3 Å². The van der Waals surface area contributed by atoms with Crippen LogP contribution in [-0.4, -0.2) is 42.2 Å². The fourth-order valence-electron chi connectivity index (χ4n) is 0.598. The lowest BCUT2D eigenvalue weighted by molar-refractivity contribution is 0.598. The second-order valence-electron chi connectivity index (χ2n) is 2.37. The van der Waals surface area contributed by atoms with Crippen molar-refractivity contribution >= 4 is 20.6 Å². The molecule has 6 heteroatoms. The largest absolute Gasteiger partial charge is 0.330 e. The van der Waals surface area contributed by atoms with Gasteiger partial charge in [-0.3, -0.25) is 4.21 Å². The quantitative estimate of drug-likeness (QED) is 0.622. The lowest BCUT2D eigenvalue weighted by atomic mass is 10.8. The van der Waals surface area contributed by atoms with Crippen LogP contribution in [0.1, 0.15) is 6.92 Å². The summed E-state index contributed by atoms with van der Waals surface area (Å²) in [4.78, 5) is 0. The summed E-state index contributed by atoms with van der Waals surface area (Å²) in [5, 5.41) is 0. The maximum Gasteiger partial charge on any atom is 0.150 e. The van der Waals surface area contributed by atoms with Crippen molar-refractivity contribution in [3.63, 3.8) is 0 Å². The highest BCUT2D eigenvalue weighted by molar-refractivity contribution is 7.93. The highest BCUT2D eigenvalue weighted by atomic mass is 32.2. The molecule has 0 fully saturated rings. The van der Waals surface area contributed by atoms with Gasteiger partial charge >= 0.3 is 0 Å². The Bertz CT molecular complexity index is 235. The predicted octanol–water partition coefficient (Wildman–Crippen LogP) is -0.871. The summed E-state index contributed by atoms with van der Waals surface area (Å²) >= 11 is 0. The highest BCUT2D eigenvalue weighted by Gasteiger charge is 2.09. The molecule has 0 saturated heterocycles. The molecular weight excluding hydrogens is 198 g/mol. The fraction of sp³-hybridized carbons (Fsp3) is 1.00. The van der Waals surface area contributed by atoms with Crippen molar-refractivity contribution in [1.82, 2.24) is 0 Å². The monoisotopic (exact) mass is 213 g/mol. The van der Waals surface area contributed by atoms with Crippen molar-refractivity contribution in [2.24, 2.45) is 5.73 Å². The Morgan fingerprint density at radius 3 is 2.33 bits per heavy atom. The number of hydrogen-bond acceptors (Lipinski definition) is 4. The number of nitrogens with two attached hydrogens (primary N) is 1. The second-order valence-corrected chi connectivity index (χ2v) is 6.54. The van der Waals surface area contributed by atoms with E-state index in [0.717, 1.165) is 0 Å². The van der Waals surface area contributed by atoms with Crippen molar-refractivity contribution in [1.29, 1.82) is 0 Å². The summed E-state index contributed by atoms with van der Waals surface area (Å²) < 4.78 is 32.9. The highest BCUT2D eigenvalue weighted by Crippen LogP contribution is 1.91. The van der Waals surface area contributed by atoms with Gasteiger partial charge in [0, 0.05) is 34.6 Å². The van der Waals surface area contributed by atoms with Gasteiger partial charge < -0.3 is 5.73 Å². The Balaban J connectivity index is 3.76. The minimum Gasteiger partial charge on any atom is -0.330 e. The molecule has 1 atom stereocenters. The first-order valence-electron chi connectivity index (χ1n) is 3.77. The van der Waals surface area contributed by atoms with Gasteiger partial charge in [-0.2, -0.15) is 0 Å². The molecule has 1 unspecified atom stereocenters. The summed E-state index contributed by atoms with van der Waals surface area (Å²) in [6, 6.07) is 0. The van der Waals surface area contributed by atoms with Crippen molar-refractivity contribution in [3.8, 4) is 0 Å². The average Bonchev–Trinajstić information content (AvgIpc) is 2.02. The van der Waals surface area contributed by atoms with Gasteiger partial charge in [0.15, 0.2) is 9.84 Å². The van der Waals surface area contributed by atoms with Gasteiger partial charge in [0.25, 0.3) is 0 Å². The van der Waals surface area contributed by atoms with Crippen LogP contribution in [0, 0.1) is 0 Å².